The number of likely N-dealkylation sites (tertiary alicyclic amines) is 1. The Bertz CT molecular complexity index is 624. The molecule has 0 spiro atoms. The van der Waals surface area contributed by atoms with E-state index < -0.39 is 5.97 Å². The minimum absolute atomic E-state index is 0.174. The number of carbonyl (C=O) groups is 3. The third-order valence-electron chi connectivity index (χ3n) is 4.40. The van der Waals surface area contributed by atoms with Gasteiger partial charge in [-0.2, -0.15) is 0 Å². The summed E-state index contributed by atoms with van der Waals surface area (Å²) in [6.45, 7) is 0.655. The van der Waals surface area contributed by atoms with Crippen LogP contribution in [0.1, 0.15) is 24.8 Å². The predicted octanol–water partition coefficient (Wildman–Crippen LogP) is 0.895. The van der Waals surface area contributed by atoms with E-state index in [1.165, 1.54) is 0 Å². The van der Waals surface area contributed by atoms with E-state index in [2.05, 4.69) is 0 Å². The van der Waals surface area contributed by atoms with Gasteiger partial charge in [0.25, 0.3) is 5.91 Å². The summed E-state index contributed by atoms with van der Waals surface area (Å²) in [5.41, 5.74) is 6.19. The summed E-state index contributed by atoms with van der Waals surface area (Å²) in [6, 6.07) is 7.46. The summed E-state index contributed by atoms with van der Waals surface area (Å²) in [5.74, 6) is -0.439. The summed E-state index contributed by atoms with van der Waals surface area (Å²) in [6.07, 6.45) is 1.78. The summed E-state index contributed by atoms with van der Waals surface area (Å²) >= 11 is 0. The van der Waals surface area contributed by atoms with Crippen LogP contribution in [0.3, 0.4) is 0 Å². The highest BCUT2D eigenvalue weighted by molar-refractivity contribution is 5.81. The van der Waals surface area contributed by atoms with Gasteiger partial charge in [0.1, 0.15) is 5.75 Å². The summed E-state index contributed by atoms with van der Waals surface area (Å²) in [5, 5.41) is 0. The van der Waals surface area contributed by atoms with Crippen LogP contribution in [-0.2, 0) is 25.5 Å². The van der Waals surface area contributed by atoms with Crippen molar-refractivity contribution in [3.05, 3.63) is 29.8 Å². The number of rotatable bonds is 7. The normalized spacial score (nSPS) is 14.8. The molecule has 1 heterocycles. The first-order valence-corrected chi connectivity index (χ1v) is 8.36. The van der Waals surface area contributed by atoms with E-state index in [0.717, 1.165) is 11.3 Å². The van der Waals surface area contributed by atoms with Crippen molar-refractivity contribution in [3.63, 3.8) is 0 Å². The molecular formula is C18H24N2O5. The molecule has 0 unspecified atom stereocenters. The molecule has 2 N–H and O–H groups in total. The highest BCUT2D eigenvalue weighted by Crippen LogP contribution is 2.19. The SMILES string of the molecule is COc1ccccc1CCC(=O)OCC(=O)N1CCC(C(N)=O)CC1. The molecule has 2 rings (SSSR count). The van der Waals surface area contributed by atoms with Gasteiger partial charge >= 0.3 is 5.97 Å². The lowest BCUT2D eigenvalue weighted by Gasteiger charge is -2.30. The van der Waals surface area contributed by atoms with Crippen molar-refractivity contribution in [2.75, 3.05) is 26.8 Å². The maximum absolute atomic E-state index is 12.1. The Morgan fingerprint density at radius 2 is 1.88 bits per heavy atom. The van der Waals surface area contributed by atoms with E-state index in [0.29, 0.717) is 32.4 Å². The zero-order valence-electron chi connectivity index (χ0n) is 14.4. The fraction of sp³-hybridized carbons (Fsp3) is 0.500. The van der Waals surface area contributed by atoms with Crippen LogP contribution in [0.2, 0.25) is 0 Å². The van der Waals surface area contributed by atoms with Gasteiger partial charge in [-0.25, -0.2) is 0 Å². The molecule has 0 atom stereocenters. The number of ether oxygens (including phenoxy) is 2. The fourth-order valence-corrected chi connectivity index (χ4v) is 2.87. The summed E-state index contributed by atoms with van der Waals surface area (Å²) in [4.78, 5) is 36.6. The van der Waals surface area contributed by atoms with Crippen molar-refractivity contribution in [1.29, 1.82) is 0 Å². The topological polar surface area (TPSA) is 98.9 Å². The Balaban J connectivity index is 1.71. The van der Waals surface area contributed by atoms with Crippen molar-refractivity contribution in [1.82, 2.24) is 4.90 Å². The predicted molar refractivity (Wildman–Crippen MR) is 90.8 cm³/mol. The third-order valence-corrected chi connectivity index (χ3v) is 4.40. The zero-order valence-corrected chi connectivity index (χ0v) is 14.4. The van der Waals surface area contributed by atoms with Crippen LogP contribution < -0.4 is 10.5 Å². The first-order chi connectivity index (χ1) is 12.0. The van der Waals surface area contributed by atoms with Crippen LogP contribution in [-0.4, -0.2) is 49.5 Å². The van der Waals surface area contributed by atoms with E-state index >= 15 is 0 Å². The maximum Gasteiger partial charge on any atom is 0.306 e. The molecule has 1 saturated heterocycles. The number of primary amides is 1. The van der Waals surface area contributed by atoms with Gasteiger partial charge in [0.2, 0.25) is 5.91 Å². The van der Waals surface area contributed by atoms with Crippen molar-refractivity contribution in [2.24, 2.45) is 11.7 Å². The molecule has 7 nitrogen and oxygen atoms in total. The molecule has 1 aliphatic heterocycles. The molecule has 1 aromatic rings. The molecule has 1 aromatic carbocycles. The molecule has 0 bridgehead atoms. The highest BCUT2D eigenvalue weighted by Gasteiger charge is 2.26. The fourth-order valence-electron chi connectivity index (χ4n) is 2.87. The van der Waals surface area contributed by atoms with E-state index in [1.807, 2.05) is 24.3 Å². The molecule has 1 fully saturated rings. The van der Waals surface area contributed by atoms with Gasteiger partial charge < -0.3 is 20.1 Å². The number of aryl methyl sites for hydroxylation is 1. The lowest BCUT2D eigenvalue weighted by Crippen LogP contribution is -2.43. The minimum Gasteiger partial charge on any atom is -0.496 e. The Morgan fingerprint density at radius 3 is 2.52 bits per heavy atom. The number of carbonyl (C=O) groups excluding carboxylic acids is 3. The number of hydrogen-bond donors (Lipinski definition) is 1. The Morgan fingerprint density at radius 1 is 1.20 bits per heavy atom. The lowest BCUT2D eigenvalue weighted by atomic mass is 9.96. The molecule has 0 radical (unpaired) electrons. The second kappa shape index (κ2) is 9.05. The second-order valence-electron chi connectivity index (χ2n) is 6.03. The van der Waals surface area contributed by atoms with E-state index in [1.54, 1.807) is 12.0 Å². The van der Waals surface area contributed by atoms with Gasteiger partial charge in [-0.3, -0.25) is 14.4 Å². The Labute approximate surface area is 147 Å². The van der Waals surface area contributed by atoms with Crippen molar-refractivity contribution >= 4 is 17.8 Å². The standard InChI is InChI=1S/C18H24N2O5/c1-24-15-5-3-2-4-13(15)6-7-17(22)25-12-16(21)20-10-8-14(9-11-20)18(19)23/h2-5,14H,6-12H2,1H3,(H2,19,23). The molecule has 0 saturated carbocycles. The largest absolute Gasteiger partial charge is 0.496 e. The monoisotopic (exact) mass is 348 g/mol. The number of para-hydroxylation sites is 1. The maximum atomic E-state index is 12.1. The van der Waals surface area contributed by atoms with Crippen molar-refractivity contribution < 1.29 is 23.9 Å². The number of piperidine rings is 1. The first kappa shape index (κ1) is 18.8. The zero-order chi connectivity index (χ0) is 18.2. The molecule has 1 aliphatic rings. The van der Waals surface area contributed by atoms with E-state index in [9.17, 15) is 14.4 Å². The first-order valence-electron chi connectivity index (χ1n) is 8.36. The number of amides is 2. The van der Waals surface area contributed by atoms with Gasteiger partial charge in [-0.15, -0.1) is 0 Å². The van der Waals surface area contributed by atoms with Crippen LogP contribution in [0.4, 0.5) is 0 Å². The van der Waals surface area contributed by atoms with Gasteiger partial charge in [0.15, 0.2) is 6.61 Å². The third kappa shape index (κ3) is 5.48. The number of benzene rings is 1. The van der Waals surface area contributed by atoms with Crippen LogP contribution in [0.15, 0.2) is 24.3 Å². The van der Waals surface area contributed by atoms with E-state index in [-0.39, 0.29) is 30.8 Å². The second-order valence-corrected chi connectivity index (χ2v) is 6.03. The molecule has 0 aliphatic carbocycles. The van der Waals surface area contributed by atoms with Gasteiger partial charge in [0.05, 0.1) is 7.11 Å². The molecule has 0 aromatic heterocycles. The number of esters is 1. The molecule has 2 amide bonds. The number of methoxy groups -OCH3 is 1. The summed E-state index contributed by atoms with van der Waals surface area (Å²) < 4.78 is 10.3. The van der Waals surface area contributed by atoms with Crippen LogP contribution in [0.5, 0.6) is 5.75 Å². The average molecular weight is 348 g/mol. The van der Waals surface area contributed by atoms with Gasteiger partial charge in [-0.05, 0) is 30.9 Å². The van der Waals surface area contributed by atoms with Gasteiger partial charge in [0, 0.05) is 25.4 Å². The number of nitrogens with zero attached hydrogens (tertiary/aromatic N) is 1. The van der Waals surface area contributed by atoms with Crippen molar-refractivity contribution in [3.8, 4) is 5.75 Å². The van der Waals surface area contributed by atoms with Crippen molar-refractivity contribution in [2.45, 2.75) is 25.7 Å². The highest BCUT2D eigenvalue weighted by atomic mass is 16.5. The average Bonchev–Trinajstić information content (AvgIpc) is 2.64. The summed E-state index contributed by atoms with van der Waals surface area (Å²) in [7, 11) is 1.58. The number of hydrogen-bond acceptors (Lipinski definition) is 5. The van der Waals surface area contributed by atoms with E-state index in [4.69, 9.17) is 15.2 Å². The van der Waals surface area contributed by atoms with Crippen LogP contribution in [0, 0.1) is 5.92 Å². The lowest BCUT2D eigenvalue weighted by molar-refractivity contribution is -0.152. The van der Waals surface area contributed by atoms with Gasteiger partial charge in [-0.1, -0.05) is 18.2 Å². The smallest absolute Gasteiger partial charge is 0.306 e. The quantitative estimate of drug-likeness (QED) is 0.738. The minimum atomic E-state index is -0.425. The Kier molecular flexibility index (Phi) is 6.80. The molecular weight excluding hydrogens is 324 g/mol. The molecule has 136 valence electrons. The Hall–Kier alpha value is -2.57. The molecule has 25 heavy (non-hydrogen) atoms. The van der Waals surface area contributed by atoms with Crippen LogP contribution in [0.25, 0.3) is 0 Å². The number of nitrogens with two attached hydrogens (primary N) is 1. The van der Waals surface area contributed by atoms with Crippen LogP contribution >= 0.6 is 0 Å². The molecule has 7 heteroatoms.